The van der Waals surface area contributed by atoms with Crippen molar-refractivity contribution in [2.45, 2.75) is 110 Å². The van der Waals surface area contributed by atoms with E-state index in [2.05, 4.69) is 72.3 Å². The minimum Gasteiger partial charge on any atom is -0.487 e. The Morgan fingerprint density at radius 2 is 1.58 bits per heavy atom. The van der Waals surface area contributed by atoms with Crippen molar-refractivity contribution in [1.29, 1.82) is 5.26 Å². The van der Waals surface area contributed by atoms with Gasteiger partial charge in [0, 0.05) is 101 Å². The number of carbonyl (C=O) groups excluding carboxylic acids is 3. The third-order valence-corrected chi connectivity index (χ3v) is 17.5. The number of rotatable bonds is 17. The van der Waals surface area contributed by atoms with Crippen LogP contribution >= 0.6 is 22.9 Å². The Hall–Kier alpha value is -6.00. The zero-order chi connectivity index (χ0) is 54.6. The van der Waals surface area contributed by atoms with Crippen LogP contribution in [-0.4, -0.2) is 154 Å². The Bertz CT molecular complexity index is 2900. The Balaban J connectivity index is 0.676. The highest BCUT2D eigenvalue weighted by molar-refractivity contribution is 7.13. The molecule has 4 aliphatic heterocycles. The maximum absolute atomic E-state index is 14.3. The summed E-state index contributed by atoms with van der Waals surface area (Å²) in [4.78, 5) is 67.6. The van der Waals surface area contributed by atoms with Crippen molar-refractivity contribution >= 4 is 46.6 Å². The van der Waals surface area contributed by atoms with E-state index in [1.165, 1.54) is 4.90 Å². The number of aromatic nitrogens is 3. The predicted octanol–water partition coefficient (Wildman–Crippen LogP) is 7.23. The van der Waals surface area contributed by atoms with Crippen molar-refractivity contribution in [3.05, 3.63) is 123 Å². The number of carbonyl (C=O) groups is 3. The molecule has 16 nitrogen and oxygen atoms in total. The van der Waals surface area contributed by atoms with Gasteiger partial charge in [0.25, 0.3) is 0 Å². The number of benzene rings is 3. The number of anilines is 1. The molecular formula is C59H74ClN11O5S. The van der Waals surface area contributed by atoms with Gasteiger partial charge in [-0.1, -0.05) is 82.6 Å². The summed E-state index contributed by atoms with van der Waals surface area (Å²) in [6, 6.07) is 25.5. The van der Waals surface area contributed by atoms with Crippen molar-refractivity contribution in [2.24, 2.45) is 11.3 Å². The number of nitriles is 1. The monoisotopic (exact) mass is 1080 g/mol. The van der Waals surface area contributed by atoms with E-state index >= 15 is 0 Å². The molecule has 0 spiro atoms. The molecular weight excluding hydrogens is 1010 g/mol. The van der Waals surface area contributed by atoms with E-state index in [0.29, 0.717) is 29.3 Å². The molecule has 3 aromatic carbocycles. The van der Waals surface area contributed by atoms with Gasteiger partial charge in [-0.15, -0.1) is 11.3 Å². The number of halogens is 1. The number of nitrogens with zero attached hydrogens (tertiary/aromatic N) is 9. The van der Waals surface area contributed by atoms with Crippen LogP contribution in [-0.2, 0) is 26.4 Å². The second kappa shape index (κ2) is 23.9. The predicted molar refractivity (Wildman–Crippen MR) is 301 cm³/mol. The highest BCUT2D eigenvalue weighted by Crippen LogP contribution is 2.36. The first-order valence-corrected chi connectivity index (χ1v) is 28.4. The number of nitrogens with one attached hydrogen (secondary N) is 2. The molecule has 408 valence electrons. The van der Waals surface area contributed by atoms with Crippen LogP contribution in [0.3, 0.4) is 0 Å². The number of thiazole rings is 1. The lowest BCUT2D eigenvalue weighted by Crippen LogP contribution is -2.63. The van der Waals surface area contributed by atoms with Crippen molar-refractivity contribution < 1.29 is 24.2 Å². The topological polar surface area (TPSA) is 183 Å². The third kappa shape index (κ3) is 13.3. The van der Waals surface area contributed by atoms with Crippen molar-refractivity contribution in [1.82, 2.24) is 45.2 Å². The standard InChI is InChI=1S/C59H74ClN11O5S/c1-38(41-8-10-42(11-9-41)54-39(2)64-37-77-54)65-55(74)52-29-49(72)34-71(52)56(75)51(58(3,4)5)31-63-53(73)35-67-32-48(33-67)68-20-17-47(18-21-68)69-22-24-70(25-23-69)57-62-19-16-46(66-57)36-76-50-14-12-43(13-15-50)59(6,7)44-26-40(30-61)27-45(60)28-44/h8-16,19,26-28,37-38,47-49,51-52,72H,17-18,20-25,29,31-36H2,1-7H3,(H,63,73)(H,65,74)/t38-,49+,51?,52-/m0/s1. The van der Waals surface area contributed by atoms with E-state index < -0.39 is 23.5 Å². The number of β-amino-alcohol motifs (C(OH)–C–C–N with tert-alkyl or cyclic N) is 1. The molecule has 77 heavy (non-hydrogen) atoms. The fourth-order valence-corrected chi connectivity index (χ4v) is 12.4. The number of hydrogen-bond donors (Lipinski definition) is 3. The summed E-state index contributed by atoms with van der Waals surface area (Å²) in [7, 11) is 0. The zero-order valence-corrected chi connectivity index (χ0v) is 47.1. The second-order valence-corrected chi connectivity index (χ2v) is 24.3. The fourth-order valence-electron chi connectivity index (χ4n) is 11.4. The summed E-state index contributed by atoms with van der Waals surface area (Å²) in [6.45, 7) is 22.2. The first kappa shape index (κ1) is 55.7. The van der Waals surface area contributed by atoms with Gasteiger partial charge in [-0.2, -0.15) is 5.26 Å². The quantitative estimate of drug-likeness (QED) is 0.0849. The minimum absolute atomic E-state index is 0.0686. The smallest absolute Gasteiger partial charge is 0.243 e. The van der Waals surface area contributed by atoms with E-state index in [1.807, 2.05) is 101 Å². The summed E-state index contributed by atoms with van der Waals surface area (Å²) < 4.78 is 6.17. The Kier molecular flexibility index (Phi) is 17.3. The molecule has 4 fully saturated rings. The lowest BCUT2D eigenvalue weighted by Gasteiger charge is -2.49. The Morgan fingerprint density at radius 1 is 0.883 bits per heavy atom. The highest BCUT2D eigenvalue weighted by atomic mass is 35.5. The van der Waals surface area contributed by atoms with Crippen molar-refractivity contribution in [3.8, 4) is 22.3 Å². The molecule has 1 unspecified atom stereocenters. The number of amides is 3. The van der Waals surface area contributed by atoms with Crippen molar-refractivity contribution in [2.75, 3.05) is 76.9 Å². The Morgan fingerprint density at radius 3 is 2.25 bits per heavy atom. The number of ether oxygens (including phenoxy) is 1. The molecule has 0 aliphatic carbocycles. The zero-order valence-electron chi connectivity index (χ0n) is 45.5. The van der Waals surface area contributed by atoms with E-state index in [4.69, 9.17) is 21.3 Å². The summed E-state index contributed by atoms with van der Waals surface area (Å²) in [5, 5.41) is 26.9. The number of likely N-dealkylation sites (tertiary alicyclic amines) is 3. The van der Waals surface area contributed by atoms with Gasteiger partial charge in [0.2, 0.25) is 23.7 Å². The van der Waals surface area contributed by atoms with E-state index in [0.717, 1.165) is 115 Å². The van der Waals surface area contributed by atoms with Crippen LogP contribution in [0.25, 0.3) is 10.4 Å². The third-order valence-electron chi connectivity index (χ3n) is 16.3. The Labute approximate surface area is 462 Å². The molecule has 0 radical (unpaired) electrons. The van der Waals surface area contributed by atoms with Crippen LogP contribution in [0.2, 0.25) is 5.02 Å². The molecule has 4 atom stereocenters. The molecule has 18 heteroatoms. The minimum atomic E-state index is -0.817. The maximum atomic E-state index is 14.3. The largest absolute Gasteiger partial charge is 0.487 e. The first-order chi connectivity index (χ1) is 36.8. The number of piperidine rings is 1. The van der Waals surface area contributed by atoms with Crippen LogP contribution in [0.5, 0.6) is 5.75 Å². The van der Waals surface area contributed by atoms with Gasteiger partial charge < -0.3 is 30.3 Å². The number of aliphatic hydroxyl groups is 1. The van der Waals surface area contributed by atoms with E-state index in [-0.39, 0.29) is 55.2 Å². The number of aliphatic hydroxyl groups excluding tert-OH is 1. The normalized spacial score (nSPS) is 20.1. The average Bonchev–Trinajstić information content (AvgIpc) is 4.04. The summed E-state index contributed by atoms with van der Waals surface area (Å²) >= 11 is 7.92. The molecule has 9 rings (SSSR count). The summed E-state index contributed by atoms with van der Waals surface area (Å²) in [5.74, 6) is 0.218. The second-order valence-electron chi connectivity index (χ2n) is 23.0. The van der Waals surface area contributed by atoms with Gasteiger partial charge in [-0.25, -0.2) is 15.0 Å². The van der Waals surface area contributed by atoms with Crippen LogP contribution in [0.1, 0.15) is 100 Å². The number of hydrogen-bond acceptors (Lipinski definition) is 14. The molecule has 4 saturated heterocycles. The molecule has 0 saturated carbocycles. The fraction of sp³-hybridized carbons (Fsp3) is 0.508. The maximum Gasteiger partial charge on any atom is 0.243 e. The molecule has 3 amide bonds. The molecule has 3 N–H and O–H groups in total. The van der Waals surface area contributed by atoms with Crippen LogP contribution in [0.15, 0.2) is 84.5 Å². The lowest BCUT2D eigenvalue weighted by atomic mass is 9.78. The van der Waals surface area contributed by atoms with Gasteiger partial charge in [-0.3, -0.25) is 29.1 Å². The summed E-state index contributed by atoms with van der Waals surface area (Å²) in [6.07, 6.45) is 3.38. The van der Waals surface area contributed by atoms with Gasteiger partial charge in [-0.05, 0) is 90.8 Å². The van der Waals surface area contributed by atoms with Gasteiger partial charge in [0.05, 0.1) is 58.0 Å². The first-order valence-electron chi connectivity index (χ1n) is 27.1. The molecule has 6 heterocycles. The van der Waals surface area contributed by atoms with Crippen LogP contribution in [0, 0.1) is 29.6 Å². The van der Waals surface area contributed by atoms with Gasteiger partial charge >= 0.3 is 0 Å². The van der Waals surface area contributed by atoms with Crippen molar-refractivity contribution in [3.63, 3.8) is 0 Å². The number of aryl methyl sites for hydroxylation is 1. The number of piperazine rings is 1. The summed E-state index contributed by atoms with van der Waals surface area (Å²) in [5.41, 5.74) is 7.37. The van der Waals surface area contributed by atoms with E-state index in [1.54, 1.807) is 17.4 Å². The molecule has 0 bridgehead atoms. The van der Waals surface area contributed by atoms with Gasteiger partial charge in [0.1, 0.15) is 18.4 Å². The van der Waals surface area contributed by atoms with E-state index in [9.17, 15) is 24.8 Å². The molecule has 5 aromatic rings. The average molecular weight is 1080 g/mol. The SMILES string of the molecule is Cc1ncsc1-c1ccc([C@H](C)NC(=O)[C@@H]2C[C@@H](O)CN2C(=O)C(CNC(=O)CN2CC(N3CCC(N4CCN(c5nccc(COc6ccc(C(C)(C)c7cc(Cl)cc(C#N)c7)cc6)n5)CC4)CC3)C2)C(C)(C)C)cc1. The molecule has 2 aromatic heterocycles. The highest BCUT2D eigenvalue weighted by Gasteiger charge is 2.45. The molecule has 4 aliphatic rings. The van der Waals surface area contributed by atoms with Gasteiger partial charge in [0.15, 0.2) is 0 Å². The van der Waals surface area contributed by atoms with Crippen LogP contribution < -0.4 is 20.3 Å². The lowest BCUT2D eigenvalue weighted by molar-refractivity contribution is -0.145. The van der Waals surface area contributed by atoms with Crippen LogP contribution in [0.4, 0.5) is 5.95 Å².